The molecule has 114 valence electrons. The summed E-state index contributed by atoms with van der Waals surface area (Å²) in [5, 5.41) is 0. The Labute approximate surface area is 125 Å². The number of hydrogen-bond acceptors (Lipinski definition) is 8. The summed E-state index contributed by atoms with van der Waals surface area (Å²) in [6.45, 7) is 3.29. The fraction of sp³-hybridized carbons (Fsp3) is 0.364. The zero-order valence-corrected chi connectivity index (χ0v) is 13.1. The van der Waals surface area contributed by atoms with Crippen LogP contribution < -0.4 is 4.72 Å². The molecule has 2 aromatic heterocycles. The number of aromatic nitrogens is 2. The maximum atomic E-state index is 12.3. The van der Waals surface area contributed by atoms with Gasteiger partial charge in [0.1, 0.15) is 5.76 Å². The molecule has 0 bridgehead atoms. The van der Waals surface area contributed by atoms with Crippen molar-refractivity contribution in [2.24, 2.45) is 0 Å². The highest BCUT2D eigenvalue weighted by Crippen LogP contribution is 2.23. The van der Waals surface area contributed by atoms with Crippen LogP contribution in [0.25, 0.3) is 0 Å². The molecule has 0 aromatic carbocycles. The molecule has 2 heterocycles. The molecule has 2 aromatic rings. The molecule has 0 radical (unpaired) electrons. The van der Waals surface area contributed by atoms with Crippen LogP contribution in [-0.2, 0) is 14.8 Å². The van der Waals surface area contributed by atoms with Gasteiger partial charge in [-0.25, -0.2) is 23.2 Å². The average molecular weight is 331 g/mol. The Hall–Kier alpha value is -1.78. The number of carbonyl (C=O) groups is 1. The quantitative estimate of drug-likeness (QED) is 0.821. The number of nitrogens with one attached hydrogen (secondary N) is 1. The molecule has 0 saturated carbocycles. The minimum absolute atomic E-state index is 0.204. The normalized spacial score (nSPS) is 13.1. The largest absolute Gasteiger partial charge is 0.464 e. The van der Waals surface area contributed by atoms with E-state index in [1.54, 1.807) is 13.8 Å². The zero-order valence-electron chi connectivity index (χ0n) is 11.5. The summed E-state index contributed by atoms with van der Waals surface area (Å²) >= 11 is 0.829. The second-order valence-electron chi connectivity index (χ2n) is 4.13. The van der Waals surface area contributed by atoms with Crippen molar-refractivity contribution in [2.75, 3.05) is 7.11 Å². The highest BCUT2D eigenvalue weighted by Gasteiger charge is 2.29. The topological polar surface area (TPSA) is 111 Å². The van der Waals surface area contributed by atoms with Gasteiger partial charge in [-0.15, -0.1) is 11.3 Å². The molecule has 1 N–H and O–H groups in total. The second kappa shape index (κ2) is 5.92. The SMILES string of the molecule is COC(=O)c1ncsc1S(=O)(=O)NC(C)c1ncc(C)o1. The summed E-state index contributed by atoms with van der Waals surface area (Å²) in [5.41, 5.74) is 1.02. The van der Waals surface area contributed by atoms with E-state index in [9.17, 15) is 13.2 Å². The molecule has 0 aliphatic carbocycles. The van der Waals surface area contributed by atoms with E-state index in [0.717, 1.165) is 18.4 Å². The molecule has 0 spiro atoms. The molecule has 1 unspecified atom stereocenters. The average Bonchev–Trinajstić information content (AvgIpc) is 3.05. The maximum Gasteiger partial charge on any atom is 0.358 e. The van der Waals surface area contributed by atoms with E-state index in [1.165, 1.54) is 11.7 Å². The van der Waals surface area contributed by atoms with Crippen LogP contribution in [0.1, 0.15) is 35.1 Å². The molecule has 21 heavy (non-hydrogen) atoms. The molecule has 8 nitrogen and oxygen atoms in total. The monoisotopic (exact) mass is 331 g/mol. The number of aryl methyl sites for hydroxylation is 1. The van der Waals surface area contributed by atoms with Crippen LogP contribution >= 0.6 is 11.3 Å². The second-order valence-corrected chi connectivity index (χ2v) is 6.90. The molecule has 0 saturated heterocycles. The molecular weight excluding hydrogens is 318 g/mol. The van der Waals surface area contributed by atoms with E-state index in [-0.39, 0.29) is 15.8 Å². The number of rotatable bonds is 5. The number of esters is 1. The van der Waals surface area contributed by atoms with Gasteiger partial charge in [-0.3, -0.25) is 0 Å². The molecule has 0 fully saturated rings. The van der Waals surface area contributed by atoms with Crippen molar-refractivity contribution in [1.29, 1.82) is 0 Å². The number of carbonyl (C=O) groups excluding carboxylic acids is 1. The van der Waals surface area contributed by atoms with Gasteiger partial charge in [-0.1, -0.05) is 0 Å². The Morgan fingerprint density at radius 2 is 2.19 bits per heavy atom. The van der Waals surface area contributed by atoms with E-state index < -0.39 is 22.0 Å². The van der Waals surface area contributed by atoms with Crippen molar-refractivity contribution in [1.82, 2.24) is 14.7 Å². The van der Waals surface area contributed by atoms with E-state index in [2.05, 4.69) is 19.4 Å². The Balaban J connectivity index is 2.27. The lowest BCUT2D eigenvalue weighted by Gasteiger charge is -2.10. The smallest absolute Gasteiger partial charge is 0.358 e. The Kier molecular flexibility index (Phi) is 4.40. The minimum atomic E-state index is -3.94. The van der Waals surface area contributed by atoms with Gasteiger partial charge >= 0.3 is 5.97 Å². The summed E-state index contributed by atoms with van der Waals surface area (Å²) in [7, 11) is -2.78. The van der Waals surface area contributed by atoms with Crippen LogP contribution in [0.2, 0.25) is 0 Å². The number of methoxy groups -OCH3 is 1. The van der Waals surface area contributed by atoms with Gasteiger partial charge in [0.25, 0.3) is 10.0 Å². The van der Waals surface area contributed by atoms with Gasteiger partial charge in [0, 0.05) is 0 Å². The third-order valence-corrected chi connectivity index (χ3v) is 5.41. The molecule has 1 atom stereocenters. The first kappa shape index (κ1) is 15.6. The van der Waals surface area contributed by atoms with Crippen LogP contribution in [0.15, 0.2) is 20.3 Å². The standard InChI is InChI=1S/C11H13N3O5S2/c1-6-4-12-9(19-6)7(2)14-21(16,17)11-8(10(15)18-3)13-5-20-11/h4-5,7,14H,1-3H3. The van der Waals surface area contributed by atoms with Gasteiger partial charge in [0.15, 0.2) is 9.90 Å². The predicted octanol–water partition coefficient (Wildman–Crippen LogP) is 1.27. The zero-order chi connectivity index (χ0) is 15.6. The van der Waals surface area contributed by atoms with E-state index in [1.807, 2.05) is 0 Å². The number of hydrogen-bond donors (Lipinski definition) is 1. The minimum Gasteiger partial charge on any atom is -0.464 e. The van der Waals surface area contributed by atoms with Crippen LogP contribution in [0, 0.1) is 6.92 Å². The summed E-state index contributed by atoms with van der Waals surface area (Å²) in [5.74, 6) is 0.000502. The highest BCUT2D eigenvalue weighted by atomic mass is 32.2. The van der Waals surface area contributed by atoms with Crippen molar-refractivity contribution >= 4 is 27.3 Å². The third kappa shape index (κ3) is 3.28. The Bertz CT molecular complexity index is 750. The van der Waals surface area contributed by atoms with Crippen LogP contribution in [0.3, 0.4) is 0 Å². The van der Waals surface area contributed by atoms with Crippen molar-refractivity contribution in [3.63, 3.8) is 0 Å². The van der Waals surface area contributed by atoms with Crippen molar-refractivity contribution in [2.45, 2.75) is 24.1 Å². The van der Waals surface area contributed by atoms with Crippen molar-refractivity contribution < 1.29 is 22.4 Å². The molecule has 2 rings (SSSR count). The third-order valence-electron chi connectivity index (χ3n) is 2.50. The number of thiazole rings is 1. The first-order valence-electron chi connectivity index (χ1n) is 5.81. The van der Waals surface area contributed by atoms with Crippen LogP contribution in [-0.4, -0.2) is 31.5 Å². The van der Waals surface area contributed by atoms with E-state index in [4.69, 9.17) is 4.42 Å². The van der Waals surface area contributed by atoms with Gasteiger partial charge in [-0.05, 0) is 13.8 Å². The summed E-state index contributed by atoms with van der Waals surface area (Å²) in [4.78, 5) is 19.2. The van der Waals surface area contributed by atoms with Gasteiger partial charge in [-0.2, -0.15) is 4.72 Å². The van der Waals surface area contributed by atoms with Gasteiger partial charge < -0.3 is 9.15 Å². The molecule has 0 amide bonds. The summed E-state index contributed by atoms with van der Waals surface area (Å²) in [6.07, 6.45) is 1.49. The summed E-state index contributed by atoms with van der Waals surface area (Å²) < 4.78 is 36.6. The summed E-state index contributed by atoms with van der Waals surface area (Å²) in [6, 6.07) is -0.684. The number of nitrogens with zero attached hydrogens (tertiary/aromatic N) is 2. The first-order chi connectivity index (χ1) is 9.85. The number of sulfonamides is 1. The lowest BCUT2D eigenvalue weighted by atomic mass is 10.4. The van der Waals surface area contributed by atoms with Crippen LogP contribution in [0.4, 0.5) is 0 Å². The van der Waals surface area contributed by atoms with Gasteiger partial charge in [0.2, 0.25) is 5.89 Å². The highest BCUT2D eigenvalue weighted by molar-refractivity contribution is 7.91. The lowest BCUT2D eigenvalue weighted by molar-refractivity contribution is 0.0590. The van der Waals surface area contributed by atoms with E-state index in [0.29, 0.717) is 5.76 Å². The first-order valence-corrected chi connectivity index (χ1v) is 8.18. The predicted molar refractivity (Wildman–Crippen MR) is 73.4 cm³/mol. The molecular formula is C11H13N3O5S2. The van der Waals surface area contributed by atoms with E-state index >= 15 is 0 Å². The molecule has 10 heteroatoms. The lowest BCUT2D eigenvalue weighted by Crippen LogP contribution is -2.27. The fourth-order valence-electron chi connectivity index (χ4n) is 1.57. The maximum absolute atomic E-state index is 12.3. The number of oxazole rings is 1. The Morgan fingerprint density at radius 1 is 1.48 bits per heavy atom. The Morgan fingerprint density at radius 3 is 2.76 bits per heavy atom. The van der Waals surface area contributed by atoms with Crippen molar-refractivity contribution in [3.8, 4) is 0 Å². The van der Waals surface area contributed by atoms with Crippen molar-refractivity contribution in [3.05, 3.63) is 29.1 Å². The molecule has 0 aliphatic rings. The van der Waals surface area contributed by atoms with Crippen LogP contribution in [0.5, 0.6) is 0 Å². The number of ether oxygens (including phenoxy) is 1. The van der Waals surface area contributed by atoms with Gasteiger partial charge in [0.05, 0.1) is 24.9 Å². The molecule has 0 aliphatic heterocycles. The fourth-order valence-corrected chi connectivity index (χ4v) is 3.91.